The fraction of sp³-hybridized carbons (Fsp3) is 0.588. The van der Waals surface area contributed by atoms with Gasteiger partial charge in [0.25, 0.3) is 0 Å². The Morgan fingerprint density at radius 2 is 1.65 bits per heavy atom. The summed E-state index contributed by atoms with van der Waals surface area (Å²) in [6.07, 6.45) is -0.122. The van der Waals surface area contributed by atoms with Crippen molar-refractivity contribution in [2.75, 3.05) is 6.61 Å². The summed E-state index contributed by atoms with van der Waals surface area (Å²) in [5.41, 5.74) is 4.31. The summed E-state index contributed by atoms with van der Waals surface area (Å²) in [5, 5.41) is 0. The van der Waals surface area contributed by atoms with Crippen LogP contribution in [0.3, 0.4) is 0 Å². The lowest BCUT2D eigenvalue weighted by atomic mass is 9.96. The van der Waals surface area contributed by atoms with Crippen molar-refractivity contribution in [3.63, 3.8) is 0 Å². The van der Waals surface area contributed by atoms with Gasteiger partial charge in [-0.25, -0.2) is 4.79 Å². The Bertz CT molecular complexity index is 460. The van der Waals surface area contributed by atoms with E-state index in [0.29, 0.717) is 0 Å². The van der Waals surface area contributed by atoms with E-state index in [0.717, 1.165) is 5.56 Å². The molecular formula is C17H26O3. The van der Waals surface area contributed by atoms with Gasteiger partial charge >= 0.3 is 5.97 Å². The first kappa shape index (κ1) is 16.7. The quantitative estimate of drug-likeness (QED) is 0.780. The van der Waals surface area contributed by atoms with Gasteiger partial charge in [-0.2, -0.15) is 0 Å². The average Bonchev–Trinajstić information content (AvgIpc) is 2.22. The second kappa shape index (κ2) is 6.40. The molecule has 0 heterocycles. The van der Waals surface area contributed by atoms with Gasteiger partial charge in [0.05, 0.1) is 6.10 Å². The van der Waals surface area contributed by atoms with Gasteiger partial charge in [0.1, 0.15) is 12.2 Å². The van der Waals surface area contributed by atoms with E-state index >= 15 is 0 Å². The summed E-state index contributed by atoms with van der Waals surface area (Å²) in [6, 6.07) is 4.27. The van der Waals surface area contributed by atoms with Crippen molar-refractivity contribution in [1.29, 1.82) is 0 Å². The van der Waals surface area contributed by atoms with Crippen LogP contribution in [-0.4, -0.2) is 18.2 Å². The monoisotopic (exact) mass is 278 g/mol. The molecule has 0 bridgehead atoms. The Morgan fingerprint density at radius 3 is 2.10 bits per heavy atom. The number of carbonyl (C=O) groups excluding carboxylic acids is 1. The molecular weight excluding hydrogens is 252 g/mol. The van der Waals surface area contributed by atoms with Gasteiger partial charge in [0.2, 0.25) is 0 Å². The fourth-order valence-electron chi connectivity index (χ4n) is 2.48. The molecule has 1 atom stereocenters. The normalized spacial score (nSPS) is 13.2. The predicted molar refractivity (Wildman–Crippen MR) is 80.9 cm³/mol. The minimum Gasteiger partial charge on any atom is -0.458 e. The molecule has 112 valence electrons. The minimum absolute atomic E-state index is 0.0226. The lowest BCUT2D eigenvalue weighted by Gasteiger charge is -2.22. The molecule has 1 rings (SSSR count). The zero-order valence-corrected chi connectivity index (χ0v) is 13.7. The molecule has 1 aromatic rings. The van der Waals surface area contributed by atoms with E-state index in [-0.39, 0.29) is 18.7 Å². The first-order valence-corrected chi connectivity index (χ1v) is 7.01. The summed E-state index contributed by atoms with van der Waals surface area (Å²) in [4.78, 5) is 11.7. The van der Waals surface area contributed by atoms with E-state index in [2.05, 4.69) is 32.9 Å². The number of hydrogen-bond acceptors (Lipinski definition) is 3. The van der Waals surface area contributed by atoms with Gasteiger partial charge in [-0.1, -0.05) is 17.7 Å². The maximum atomic E-state index is 11.7. The number of aryl methyl sites for hydroxylation is 3. The molecule has 0 aliphatic carbocycles. The Labute approximate surface area is 122 Å². The molecule has 0 aromatic heterocycles. The molecule has 0 aliphatic heterocycles. The van der Waals surface area contributed by atoms with Gasteiger partial charge in [-0.3, -0.25) is 0 Å². The van der Waals surface area contributed by atoms with Crippen molar-refractivity contribution in [3.05, 3.63) is 34.4 Å². The van der Waals surface area contributed by atoms with Gasteiger partial charge in [0, 0.05) is 0 Å². The van der Waals surface area contributed by atoms with Crippen LogP contribution in [0.1, 0.15) is 56.1 Å². The van der Waals surface area contributed by atoms with Crippen LogP contribution in [0.25, 0.3) is 0 Å². The molecule has 3 heteroatoms. The fourth-order valence-corrected chi connectivity index (χ4v) is 2.48. The van der Waals surface area contributed by atoms with Gasteiger partial charge in [0.15, 0.2) is 0 Å². The Hall–Kier alpha value is -1.35. The number of hydrogen-bond donors (Lipinski definition) is 0. The SMILES string of the molecule is Cc1cc(C)c(C(C)OCC(=O)OC(C)(C)C)c(C)c1. The van der Waals surface area contributed by atoms with E-state index in [9.17, 15) is 4.79 Å². The third-order valence-corrected chi connectivity index (χ3v) is 3.02. The van der Waals surface area contributed by atoms with E-state index in [1.807, 2.05) is 27.7 Å². The molecule has 0 radical (unpaired) electrons. The van der Waals surface area contributed by atoms with Crippen LogP contribution >= 0.6 is 0 Å². The van der Waals surface area contributed by atoms with Crippen LogP contribution in [0.4, 0.5) is 0 Å². The van der Waals surface area contributed by atoms with Crippen molar-refractivity contribution in [1.82, 2.24) is 0 Å². The molecule has 0 spiro atoms. The first-order chi connectivity index (χ1) is 9.10. The average molecular weight is 278 g/mol. The third kappa shape index (κ3) is 4.97. The number of carbonyl (C=O) groups is 1. The molecule has 0 N–H and O–H groups in total. The summed E-state index contributed by atoms with van der Waals surface area (Å²) < 4.78 is 10.9. The predicted octanol–water partition coefficient (Wildman–Crippen LogP) is 4.03. The third-order valence-electron chi connectivity index (χ3n) is 3.02. The molecule has 0 fully saturated rings. The van der Waals surface area contributed by atoms with Crippen LogP contribution in [0.5, 0.6) is 0 Å². The molecule has 0 aliphatic rings. The lowest BCUT2D eigenvalue weighted by Crippen LogP contribution is -2.27. The van der Waals surface area contributed by atoms with Gasteiger partial charge in [-0.05, 0) is 65.2 Å². The highest BCUT2D eigenvalue weighted by molar-refractivity contribution is 5.71. The molecule has 0 saturated heterocycles. The van der Waals surface area contributed by atoms with E-state index in [1.165, 1.54) is 16.7 Å². The maximum Gasteiger partial charge on any atom is 0.332 e. The summed E-state index contributed by atoms with van der Waals surface area (Å²) in [6.45, 7) is 13.7. The molecule has 3 nitrogen and oxygen atoms in total. The highest BCUT2D eigenvalue weighted by atomic mass is 16.6. The number of benzene rings is 1. The molecule has 20 heavy (non-hydrogen) atoms. The summed E-state index contributed by atoms with van der Waals surface area (Å²) in [5.74, 6) is -0.327. The van der Waals surface area contributed by atoms with E-state index in [1.54, 1.807) is 0 Å². The zero-order chi connectivity index (χ0) is 15.5. The summed E-state index contributed by atoms with van der Waals surface area (Å²) >= 11 is 0. The highest BCUT2D eigenvalue weighted by Crippen LogP contribution is 2.26. The summed E-state index contributed by atoms with van der Waals surface area (Å²) in [7, 11) is 0. The van der Waals surface area contributed by atoms with Crippen LogP contribution in [0.15, 0.2) is 12.1 Å². The molecule has 1 unspecified atom stereocenters. The second-order valence-electron chi connectivity index (χ2n) is 6.35. The van der Waals surface area contributed by atoms with Crippen molar-refractivity contribution in [2.24, 2.45) is 0 Å². The maximum absolute atomic E-state index is 11.7. The lowest BCUT2D eigenvalue weighted by molar-refractivity contribution is -0.162. The Balaban J connectivity index is 2.69. The van der Waals surface area contributed by atoms with Crippen LogP contribution in [-0.2, 0) is 14.3 Å². The molecule has 0 amide bonds. The number of ether oxygens (including phenoxy) is 2. The van der Waals surface area contributed by atoms with Gasteiger partial charge < -0.3 is 9.47 Å². The van der Waals surface area contributed by atoms with Crippen LogP contribution in [0.2, 0.25) is 0 Å². The van der Waals surface area contributed by atoms with Crippen molar-refractivity contribution >= 4 is 5.97 Å². The van der Waals surface area contributed by atoms with E-state index < -0.39 is 5.60 Å². The molecule has 0 saturated carbocycles. The standard InChI is InChI=1S/C17H26O3/c1-11-8-12(2)16(13(3)9-11)14(4)19-10-15(18)20-17(5,6)7/h8-9,14H,10H2,1-7H3. The van der Waals surface area contributed by atoms with Crippen molar-refractivity contribution in [3.8, 4) is 0 Å². The zero-order valence-electron chi connectivity index (χ0n) is 13.7. The minimum atomic E-state index is -0.473. The molecule has 1 aromatic carbocycles. The largest absolute Gasteiger partial charge is 0.458 e. The van der Waals surface area contributed by atoms with Crippen molar-refractivity contribution < 1.29 is 14.3 Å². The smallest absolute Gasteiger partial charge is 0.332 e. The van der Waals surface area contributed by atoms with Gasteiger partial charge in [-0.15, -0.1) is 0 Å². The second-order valence-corrected chi connectivity index (χ2v) is 6.35. The Kier molecular flexibility index (Phi) is 5.35. The van der Waals surface area contributed by atoms with Crippen molar-refractivity contribution in [2.45, 2.75) is 60.2 Å². The van der Waals surface area contributed by atoms with Crippen LogP contribution < -0.4 is 0 Å². The number of esters is 1. The van der Waals surface area contributed by atoms with E-state index in [4.69, 9.17) is 9.47 Å². The van der Waals surface area contributed by atoms with Crippen LogP contribution in [0, 0.1) is 20.8 Å². The highest BCUT2D eigenvalue weighted by Gasteiger charge is 2.19. The number of rotatable bonds is 4. The Morgan fingerprint density at radius 1 is 1.15 bits per heavy atom. The topological polar surface area (TPSA) is 35.5 Å². The first-order valence-electron chi connectivity index (χ1n) is 7.01.